The Balaban J connectivity index is 1.89. The Bertz CT molecular complexity index is 762. The predicted molar refractivity (Wildman–Crippen MR) is 91.6 cm³/mol. The van der Waals surface area contributed by atoms with E-state index in [1.807, 2.05) is 12.5 Å². The third kappa shape index (κ3) is 2.81. The van der Waals surface area contributed by atoms with Crippen molar-refractivity contribution in [2.75, 3.05) is 5.32 Å². The maximum atomic E-state index is 4.25. The second-order valence-corrected chi connectivity index (χ2v) is 6.23. The molecule has 1 aromatic heterocycles. The van der Waals surface area contributed by atoms with Crippen LogP contribution in [0, 0.1) is 0 Å². The summed E-state index contributed by atoms with van der Waals surface area (Å²) in [4.78, 5) is 4.25. The second kappa shape index (κ2) is 5.90. The molecular formula is C17H18BrN3. The zero-order chi connectivity index (χ0) is 14.8. The van der Waals surface area contributed by atoms with E-state index in [2.05, 4.69) is 81.0 Å². The smallest absolute Gasteiger partial charge is 0.0951 e. The Kier molecular flexibility index (Phi) is 3.97. The summed E-state index contributed by atoms with van der Waals surface area (Å²) in [5.41, 5.74) is 2.34. The van der Waals surface area contributed by atoms with Gasteiger partial charge in [0.2, 0.25) is 0 Å². The first-order valence-electron chi connectivity index (χ1n) is 7.08. The highest BCUT2D eigenvalue weighted by Crippen LogP contribution is 2.30. The van der Waals surface area contributed by atoms with Crippen molar-refractivity contribution in [2.45, 2.75) is 26.4 Å². The number of hydrogen-bond acceptors (Lipinski definition) is 2. The van der Waals surface area contributed by atoms with Gasteiger partial charge in [-0.1, -0.05) is 40.2 Å². The highest BCUT2D eigenvalue weighted by Gasteiger charge is 2.07. The molecule has 0 aliphatic carbocycles. The average molecular weight is 344 g/mol. The molecule has 108 valence electrons. The van der Waals surface area contributed by atoms with Crippen LogP contribution in [0.5, 0.6) is 0 Å². The molecule has 0 aliphatic heterocycles. The Morgan fingerprint density at radius 3 is 2.67 bits per heavy atom. The molecule has 3 aromatic rings. The van der Waals surface area contributed by atoms with Gasteiger partial charge in [0.05, 0.1) is 18.6 Å². The number of anilines is 1. The van der Waals surface area contributed by atoms with Gasteiger partial charge in [0.15, 0.2) is 0 Å². The summed E-state index contributed by atoms with van der Waals surface area (Å²) in [5.74, 6) is 0. The molecule has 3 rings (SSSR count). The molecule has 0 amide bonds. The fraction of sp³-hybridized carbons (Fsp3) is 0.235. The lowest BCUT2D eigenvalue weighted by Gasteiger charge is -2.14. The summed E-state index contributed by atoms with van der Waals surface area (Å²) in [5, 5.41) is 5.98. The van der Waals surface area contributed by atoms with Crippen LogP contribution in [0.4, 0.5) is 5.69 Å². The van der Waals surface area contributed by atoms with Gasteiger partial charge in [0.1, 0.15) is 0 Å². The number of nitrogens with one attached hydrogen (secondary N) is 1. The van der Waals surface area contributed by atoms with Crippen LogP contribution in [0.3, 0.4) is 0 Å². The van der Waals surface area contributed by atoms with Crippen molar-refractivity contribution in [1.29, 1.82) is 0 Å². The molecule has 0 saturated heterocycles. The first-order valence-corrected chi connectivity index (χ1v) is 7.88. The summed E-state index contributed by atoms with van der Waals surface area (Å²) < 4.78 is 3.31. The van der Waals surface area contributed by atoms with Crippen LogP contribution in [0.1, 0.15) is 25.6 Å². The van der Waals surface area contributed by atoms with Crippen molar-refractivity contribution in [3.63, 3.8) is 0 Å². The Morgan fingerprint density at radius 2 is 1.90 bits per heavy atom. The molecule has 0 fully saturated rings. The highest BCUT2D eigenvalue weighted by molar-refractivity contribution is 9.10. The monoisotopic (exact) mass is 343 g/mol. The average Bonchev–Trinajstić information content (AvgIpc) is 2.96. The molecule has 1 heterocycles. The lowest BCUT2D eigenvalue weighted by Crippen LogP contribution is -2.09. The molecule has 0 bridgehead atoms. The van der Waals surface area contributed by atoms with E-state index >= 15 is 0 Å². The van der Waals surface area contributed by atoms with E-state index in [9.17, 15) is 0 Å². The molecule has 21 heavy (non-hydrogen) atoms. The lowest BCUT2D eigenvalue weighted by atomic mass is 10.1. The van der Waals surface area contributed by atoms with Crippen molar-refractivity contribution in [2.24, 2.45) is 0 Å². The van der Waals surface area contributed by atoms with E-state index < -0.39 is 0 Å². The SMILES string of the molecule is CC(C)n1cncc1CNc1ccc(Br)c2ccccc12. The van der Waals surface area contributed by atoms with Crippen LogP contribution < -0.4 is 5.32 Å². The predicted octanol–water partition coefficient (Wildman–Crippen LogP) is 4.99. The number of nitrogens with zero attached hydrogens (tertiary/aromatic N) is 2. The Morgan fingerprint density at radius 1 is 1.14 bits per heavy atom. The van der Waals surface area contributed by atoms with Crippen LogP contribution in [0.2, 0.25) is 0 Å². The molecule has 0 radical (unpaired) electrons. The van der Waals surface area contributed by atoms with E-state index in [1.165, 1.54) is 16.5 Å². The fourth-order valence-electron chi connectivity index (χ4n) is 2.54. The number of imidazole rings is 1. The van der Waals surface area contributed by atoms with E-state index in [1.54, 1.807) is 0 Å². The summed E-state index contributed by atoms with van der Waals surface area (Å²) in [6.07, 6.45) is 3.81. The van der Waals surface area contributed by atoms with E-state index in [0.29, 0.717) is 6.04 Å². The molecule has 4 heteroatoms. The number of hydrogen-bond donors (Lipinski definition) is 1. The van der Waals surface area contributed by atoms with E-state index in [0.717, 1.165) is 16.7 Å². The lowest BCUT2D eigenvalue weighted by molar-refractivity contribution is 0.577. The second-order valence-electron chi connectivity index (χ2n) is 5.38. The summed E-state index contributed by atoms with van der Waals surface area (Å²) in [6, 6.07) is 13.0. The largest absolute Gasteiger partial charge is 0.379 e. The van der Waals surface area contributed by atoms with Gasteiger partial charge in [-0.3, -0.25) is 0 Å². The quantitative estimate of drug-likeness (QED) is 0.722. The number of rotatable bonds is 4. The third-order valence-corrected chi connectivity index (χ3v) is 4.32. The van der Waals surface area contributed by atoms with E-state index in [-0.39, 0.29) is 0 Å². The van der Waals surface area contributed by atoms with Crippen molar-refractivity contribution >= 4 is 32.4 Å². The summed E-state index contributed by atoms with van der Waals surface area (Å²) in [7, 11) is 0. The molecule has 0 spiro atoms. The molecule has 0 unspecified atom stereocenters. The van der Waals surface area contributed by atoms with Crippen LogP contribution in [-0.2, 0) is 6.54 Å². The molecule has 2 aromatic carbocycles. The Labute approximate surface area is 133 Å². The molecule has 1 N–H and O–H groups in total. The van der Waals surface area contributed by atoms with Crippen molar-refractivity contribution in [3.8, 4) is 0 Å². The molecule has 0 saturated carbocycles. The highest BCUT2D eigenvalue weighted by atomic mass is 79.9. The van der Waals surface area contributed by atoms with Gasteiger partial charge in [-0.2, -0.15) is 0 Å². The standard InChI is InChI=1S/C17H18BrN3/c1-12(2)21-11-19-9-13(21)10-20-17-8-7-16(18)14-5-3-4-6-15(14)17/h3-9,11-12,20H,10H2,1-2H3. The molecular weight excluding hydrogens is 326 g/mol. The van der Waals surface area contributed by atoms with Crippen molar-refractivity contribution in [1.82, 2.24) is 9.55 Å². The van der Waals surface area contributed by atoms with Crippen LogP contribution in [0.25, 0.3) is 10.8 Å². The minimum absolute atomic E-state index is 0.422. The maximum absolute atomic E-state index is 4.25. The van der Waals surface area contributed by atoms with Gasteiger partial charge in [-0.15, -0.1) is 0 Å². The molecule has 0 aliphatic rings. The third-order valence-electron chi connectivity index (χ3n) is 3.63. The van der Waals surface area contributed by atoms with Crippen LogP contribution in [-0.4, -0.2) is 9.55 Å². The maximum Gasteiger partial charge on any atom is 0.0951 e. The van der Waals surface area contributed by atoms with Gasteiger partial charge >= 0.3 is 0 Å². The fourth-order valence-corrected chi connectivity index (χ4v) is 3.01. The van der Waals surface area contributed by atoms with Gasteiger partial charge in [-0.05, 0) is 31.4 Å². The Hall–Kier alpha value is -1.81. The van der Waals surface area contributed by atoms with Gasteiger partial charge in [-0.25, -0.2) is 4.98 Å². The zero-order valence-corrected chi connectivity index (χ0v) is 13.8. The molecule has 0 atom stereocenters. The summed E-state index contributed by atoms with van der Waals surface area (Å²) in [6.45, 7) is 5.10. The molecule has 3 nitrogen and oxygen atoms in total. The van der Waals surface area contributed by atoms with Gasteiger partial charge < -0.3 is 9.88 Å². The van der Waals surface area contributed by atoms with Crippen molar-refractivity contribution in [3.05, 3.63) is 59.1 Å². The minimum Gasteiger partial charge on any atom is -0.379 e. The van der Waals surface area contributed by atoms with Gasteiger partial charge in [0.25, 0.3) is 0 Å². The topological polar surface area (TPSA) is 29.9 Å². The zero-order valence-electron chi connectivity index (χ0n) is 12.2. The van der Waals surface area contributed by atoms with E-state index in [4.69, 9.17) is 0 Å². The number of halogens is 1. The van der Waals surface area contributed by atoms with Gasteiger partial charge in [0, 0.05) is 27.8 Å². The minimum atomic E-state index is 0.422. The first kappa shape index (κ1) is 14.1. The summed E-state index contributed by atoms with van der Waals surface area (Å²) >= 11 is 3.61. The van der Waals surface area contributed by atoms with Crippen LogP contribution >= 0.6 is 15.9 Å². The normalized spacial score (nSPS) is 11.2. The first-order chi connectivity index (χ1) is 10.2. The van der Waals surface area contributed by atoms with Crippen molar-refractivity contribution < 1.29 is 0 Å². The number of fused-ring (bicyclic) bond motifs is 1. The number of aromatic nitrogens is 2. The number of benzene rings is 2. The van der Waals surface area contributed by atoms with Crippen LogP contribution in [0.15, 0.2) is 53.4 Å².